The van der Waals surface area contributed by atoms with Crippen molar-refractivity contribution in [3.8, 4) is 0 Å². The lowest BCUT2D eigenvalue weighted by Gasteiger charge is -2.32. The van der Waals surface area contributed by atoms with Gasteiger partial charge >= 0.3 is 6.09 Å². The standard InChI is InChI=1S/C22H35N5O3/c1-4-7-20(28)25-18-10-8-17(9-11-18)16-24-21(23-5-2)26-19-12-14-27(15-13-19)22(29)30-6-3/h8-11,19H,4-7,12-16H2,1-3H3,(H,25,28)(H2,23,24,26). The molecule has 166 valence electrons. The van der Waals surface area contributed by atoms with Crippen molar-refractivity contribution in [3.63, 3.8) is 0 Å². The number of guanidine groups is 1. The molecule has 3 N–H and O–H groups in total. The Hall–Kier alpha value is -2.77. The number of anilines is 1. The Bertz CT molecular complexity index is 697. The van der Waals surface area contributed by atoms with Crippen LogP contribution in [0.1, 0.15) is 52.0 Å². The summed E-state index contributed by atoms with van der Waals surface area (Å²) in [6.45, 7) is 8.93. The largest absolute Gasteiger partial charge is 0.450 e. The molecule has 1 aromatic carbocycles. The zero-order valence-electron chi connectivity index (χ0n) is 18.4. The Kier molecular flexibility index (Phi) is 9.97. The van der Waals surface area contributed by atoms with Crippen molar-refractivity contribution < 1.29 is 14.3 Å². The van der Waals surface area contributed by atoms with Crippen molar-refractivity contribution >= 4 is 23.6 Å². The van der Waals surface area contributed by atoms with Crippen LogP contribution in [0.2, 0.25) is 0 Å². The minimum Gasteiger partial charge on any atom is -0.450 e. The normalized spacial score (nSPS) is 14.9. The third-order valence-corrected chi connectivity index (χ3v) is 4.84. The van der Waals surface area contributed by atoms with Crippen molar-refractivity contribution in [3.05, 3.63) is 29.8 Å². The number of ether oxygens (including phenoxy) is 1. The lowest BCUT2D eigenvalue weighted by Crippen LogP contribution is -2.49. The number of hydrogen-bond donors (Lipinski definition) is 3. The van der Waals surface area contributed by atoms with Crippen LogP contribution in [0.5, 0.6) is 0 Å². The van der Waals surface area contributed by atoms with E-state index in [9.17, 15) is 9.59 Å². The van der Waals surface area contributed by atoms with E-state index in [1.54, 1.807) is 4.90 Å². The molecule has 0 atom stereocenters. The molecule has 1 fully saturated rings. The maximum absolute atomic E-state index is 11.8. The van der Waals surface area contributed by atoms with Gasteiger partial charge in [0.2, 0.25) is 5.91 Å². The Labute approximate surface area is 179 Å². The summed E-state index contributed by atoms with van der Waals surface area (Å²) in [4.78, 5) is 30.0. The highest BCUT2D eigenvalue weighted by Crippen LogP contribution is 2.13. The highest BCUT2D eigenvalue weighted by atomic mass is 16.6. The van der Waals surface area contributed by atoms with E-state index in [-0.39, 0.29) is 18.0 Å². The number of likely N-dealkylation sites (tertiary alicyclic amines) is 1. The summed E-state index contributed by atoms with van der Waals surface area (Å²) in [5.74, 6) is 0.809. The fourth-order valence-corrected chi connectivity index (χ4v) is 3.25. The Balaban J connectivity index is 1.86. The van der Waals surface area contributed by atoms with Gasteiger partial charge in [-0.1, -0.05) is 19.1 Å². The summed E-state index contributed by atoms with van der Waals surface area (Å²) in [6.07, 6.45) is 2.85. The Morgan fingerprint density at radius 2 is 1.83 bits per heavy atom. The number of carbonyl (C=O) groups is 2. The van der Waals surface area contributed by atoms with Gasteiger partial charge in [-0.2, -0.15) is 0 Å². The van der Waals surface area contributed by atoms with Crippen LogP contribution in [0.4, 0.5) is 10.5 Å². The van der Waals surface area contributed by atoms with Crippen LogP contribution in [0.3, 0.4) is 0 Å². The molecule has 1 aliphatic rings. The van der Waals surface area contributed by atoms with E-state index in [1.807, 2.05) is 45.0 Å². The fourth-order valence-electron chi connectivity index (χ4n) is 3.25. The summed E-state index contributed by atoms with van der Waals surface area (Å²) >= 11 is 0. The van der Waals surface area contributed by atoms with E-state index in [4.69, 9.17) is 4.74 Å². The number of rotatable bonds is 8. The van der Waals surface area contributed by atoms with Crippen LogP contribution in [-0.2, 0) is 16.1 Å². The van der Waals surface area contributed by atoms with E-state index in [2.05, 4.69) is 20.9 Å². The second-order valence-corrected chi connectivity index (χ2v) is 7.29. The summed E-state index contributed by atoms with van der Waals surface area (Å²) in [5, 5.41) is 9.65. The monoisotopic (exact) mass is 417 g/mol. The van der Waals surface area contributed by atoms with Gasteiger partial charge in [0, 0.05) is 37.8 Å². The molecule has 0 radical (unpaired) electrons. The van der Waals surface area contributed by atoms with Crippen LogP contribution in [0.15, 0.2) is 29.3 Å². The van der Waals surface area contributed by atoms with Crippen LogP contribution in [-0.4, -0.2) is 55.1 Å². The number of carbonyl (C=O) groups excluding carboxylic acids is 2. The number of nitrogens with one attached hydrogen (secondary N) is 3. The Morgan fingerprint density at radius 1 is 1.13 bits per heavy atom. The molecule has 1 aliphatic heterocycles. The summed E-state index contributed by atoms with van der Waals surface area (Å²) in [6, 6.07) is 8.04. The molecule has 0 saturated carbocycles. The van der Waals surface area contributed by atoms with E-state index in [0.29, 0.717) is 32.7 Å². The van der Waals surface area contributed by atoms with E-state index in [1.165, 1.54) is 0 Å². The van der Waals surface area contributed by atoms with Gasteiger partial charge in [0.05, 0.1) is 13.2 Å². The summed E-state index contributed by atoms with van der Waals surface area (Å²) in [5.41, 5.74) is 1.87. The quantitative estimate of drug-likeness (QED) is 0.446. The second-order valence-electron chi connectivity index (χ2n) is 7.29. The molecule has 1 saturated heterocycles. The van der Waals surface area contributed by atoms with Gasteiger partial charge in [-0.3, -0.25) is 4.79 Å². The summed E-state index contributed by atoms with van der Waals surface area (Å²) in [7, 11) is 0. The molecule has 0 unspecified atom stereocenters. The van der Waals surface area contributed by atoms with Crippen molar-refractivity contribution in [2.24, 2.45) is 4.99 Å². The molecule has 8 heteroatoms. The number of benzene rings is 1. The average Bonchev–Trinajstić information content (AvgIpc) is 2.74. The molecule has 30 heavy (non-hydrogen) atoms. The van der Waals surface area contributed by atoms with Crippen molar-refractivity contribution in [1.29, 1.82) is 0 Å². The number of aliphatic imine (C=N–C) groups is 1. The smallest absolute Gasteiger partial charge is 0.409 e. The van der Waals surface area contributed by atoms with E-state index in [0.717, 1.165) is 43.0 Å². The third kappa shape index (κ3) is 7.93. The molecular weight excluding hydrogens is 382 g/mol. The zero-order valence-corrected chi connectivity index (χ0v) is 18.4. The van der Waals surface area contributed by atoms with Crippen LogP contribution in [0, 0.1) is 0 Å². The first kappa shape index (κ1) is 23.5. The maximum atomic E-state index is 11.8. The first-order chi connectivity index (χ1) is 14.5. The van der Waals surface area contributed by atoms with Gasteiger partial charge in [0.1, 0.15) is 0 Å². The molecule has 2 amide bonds. The lowest BCUT2D eigenvalue weighted by molar-refractivity contribution is -0.116. The number of amides is 2. The van der Waals surface area contributed by atoms with Crippen LogP contribution in [0.25, 0.3) is 0 Å². The van der Waals surface area contributed by atoms with Gasteiger partial charge in [-0.15, -0.1) is 0 Å². The highest BCUT2D eigenvalue weighted by molar-refractivity contribution is 5.90. The average molecular weight is 418 g/mol. The van der Waals surface area contributed by atoms with Gasteiger partial charge in [0.15, 0.2) is 5.96 Å². The van der Waals surface area contributed by atoms with Gasteiger partial charge < -0.3 is 25.6 Å². The zero-order chi connectivity index (χ0) is 21.8. The molecule has 1 heterocycles. The Morgan fingerprint density at radius 3 is 2.43 bits per heavy atom. The van der Waals surface area contributed by atoms with Gasteiger partial charge in [0.25, 0.3) is 0 Å². The molecule has 8 nitrogen and oxygen atoms in total. The number of hydrogen-bond acceptors (Lipinski definition) is 4. The van der Waals surface area contributed by atoms with Crippen molar-refractivity contribution in [2.75, 3.05) is 31.6 Å². The number of nitrogens with zero attached hydrogens (tertiary/aromatic N) is 2. The molecule has 0 aromatic heterocycles. The van der Waals surface area contributed by atoms with Crippen molar-refractivity contribution in [2.45, 2.75) is 59.0 Å². The topological polar surface area (TPSA) is 95.1 Å². The van der Waals surface area contributed by atoms with Crippen LogP contribution >= 0.6 is 0 Å². The number of piperidine rings is 1. The SMILES string of the molecule is CCCC(=O)Nc1ccc(CN=C(NCC)NC2CCN(C(=O)OCC)CC2)cc1. The van der Waals surface area contributed by atoms with Gasteiger partial charge in [-0.05, 0) is 50.8 Å². The highest BCUT2D eigenvalue weighted by Gasteiger charge is 2.24. The maximum Gasteiger partial charge on any atom is 0.409 e. The summed E-state index contributed by atoms with van der Waals surface area (Å²) < 4.78 is 5.07. The predicted octanol–water partition coefficient (Wildman–Crippen LogP) is 3.10. The second kappa shape index (κ2) is 12.7. The third-order valence-electron chi connectivity index (χ3n) is 4.84. The minimum atomic E-state index is -0.231. The first-order valence-corrected chi connectivity index (χ1v) is 10.9. The van der Waals surface area contributed by atoms with E-state index >= 15 is 0 Å². The van der Waals surface area contributed by atoms with Gasteiger partial charge in [-0.25, -0.2) is 9.79 Å². The molecule has 0 spiro atoms. The van der Waals surface area contributed by atoms with Crippen molar-refractivity contribution in [1.82, 2.24) is 15.5 Å². The predicted molar refractivity (Wildman–Crippen MR) is 120 cm³/mol. The molecule has 1 aromatic rings. The molecular formula is C22H35N5O3. The fraction of sp³-hybridized carbons (Fsp3) is 0.591. The van der Waals surface area contributed by atoms with Crippen LogP contribution < -0.4 is 16.0 Å². The molecule has 0 bridgehead atoms. The first-order valence-electron chi connectivity index (χ1n) is 10.9. The molecule has 0 aliphatic carbocycles. The molecule has 2 rings (SSSR count). The minimum absolute atomic E-state index is 0.0379. The van der Waals surface area contributed by atoms with E-state index < -0.39 is 0 Å². The lowest BCUT2D eigenvalue weighted by atomic mass is 10.1.